The average Bonchev–Trinajstić information content (AvgIpc) is 2.72. The maximum Gasteiger partial charge on any atom is 0.410 e. The van der Waals surface area contributed by atoms with E-state index in [9.17, 15) is 9.59 Å². The highest BCUT2D eigenvalue weighted by Crippen LogP contribution is 2.11. The van der Waals surface area contributed by atoms with Crippen LogP contribution in [0.25, 0.3) is 0 Å². The molecule has 0 fully saturated rings. The third kappa shape index (κ3) is 14.4. The molecule has 0 aliphatic rings. The van der Waals surface area contributed by atoms with Crippen LogP contribution in [0.2, 0.25) is 0 Å². The van der Waals surface area contributed by atoms with Crippen molar-refractivity contribution >= 4 is 12.2 Å². The van der Waals surface area contributed by atoms with Gasteiger partial charge in [-0.1, -0.05) is 43.7 Å². The molecular weight excluding hydrogens is 396 g/mol. The van der Waals surface area contributed by atoms with E-state index in [2.05, 4.69) is 12.2 Å². The molecule has 1 rings (SSSR count). The van der Waals surface area contributed by atoms with Crippen molar-refractivity contribution in [3.8, 4) is 0 Å². The topological polar surface area (TPSA) is 77.1 Å². The number of unbranched alkanes of at least 4 members (excludes halogenated alkanes) is 2. The van der Waals surface area contributed by atoms with Crippen molar-refractivity contribution in [2.45, 2.75) is 72.0 Å². The molecule has 0 radical (unpaired) electrons. The summed E-state index contributed by atoms with van der Waals surface area (Å²) >= 11 is 0. The minimum Gasteiger partial charge on any atom is -0.445 e. The van der Waals surface area contributed by atoms with Gasteiger partial charge in [-0.3, -0.25) is 0 Å². The Labute approximate surface area is 187 Å². The first kappa shape index (κ1) is 26.8. The number of alkyl carbamates (subject to hydrolysis) is 1. The summed E-state index contributed by atoms with van der Waals surface area (Å²) in [5.41, 5.74) is 0.418. The lowest BCUT2D eigenvalue weighted by molar-refractivity contribution is 0.0224. The smallest absolute Gasteiger partial charge is 0.410 e. The zero-order valence-electron chi connectivity index (χ0n) is 19.7. The number of nitrogens with one attached hydrogen (secondary N) is 1. The zero-order valence-corrected chi connectivity index (χ0v) is 19.7. The molecule has 7 nitrogen and oxygen atoms in total. The van der Waals surface area contributed by atoms with Gasteiger partial charge in [0.1, 0.15) is 12.2 Å². The summed E-state index contributed by atoms with van der Waals surface area (Å²) in [6, 6.07) is 9.55. The van der Waals surface area contributed by atoms with Crippen molar-refractivity contribution in [2.24, 2.45) is 0 Å². The summed E-state index contributed by atoms with van der Waals surface area (Å²) in [4.78, 5) is 26.0. The number of nitrogens with zero attached hydrogens (tertiary/aromatic N) is 1. The average molecular weight is 437 g/mol. The van der Waals surface area contributed by atoms with E-state index < -0.39 is 11.7 Å². The number of hydrogen-bond acceptors (Lipinski definition) is 5. The highest BCUT2D eigenvalue weighted by atomic mass is 16.6. The van der Waals surface area contributed by atoms with Crippen LogP contribution < -0.4 is 5.32 Å². The van der Waals surface area contributed by atoms with Crippen LogP contribution in [-0.2, 0) is 20.8 Å². The Hall–Kier alpha value is -2.28. The fourth-order valence-electron chi connectivity index (χ4n) is 2.72. The SMILES string of the molecule is CCCCOCCCN(CCCCNC(=O)OCc1ccccc1)C(=O)OC(C)(C)C. The summed E-state index contributed by atoms with van der Waals surface area (Å²) in [6.07, 6.45) is 3.69. The second-order valence-corrected chi connectivity index (χ2v) is 8.48. The molecule has 176 valence electrons. The van der Waals surface area contributed by atoms with E-state index in [0.29, 0.717) is 26.2 Å². The number of carbonyl (C=O) groups excluding carboxylic acids is 2. The summed E-state index contributed by atoms with van der Waals surface area (Å²) in [5, 5.41) is 2.75. The Kier molecular flexibility index (Phi) is 13.4. The molecule has 1 aromatic carbocycles. The third-order valence-electron chi connectivity index (χ3n) is 4.35. The minimum atomic E-state index is -0.531. The van der Waals surface area contributed by atoms with E-state index in [1.54, 1.807) is 4.90 Å². The Morgan fingerprint density at radius 1 is 0.968 bits per heavy atom. The van der Waals surface area contributed by atoms with Crippen molar-refractivity contribution in [2.75, 3.05) is 32.8 Å². The van der Waals surface area contributed by atoms with Gasteiger partial charge >= 0.3 is 12.2 Å². The molecule has 0 saturated carbocycles. The van der Waals surface area contributed by atoms with E-state index in [4.69, 9.17) is 14.2 Å². The van der Waals surface area contributed by atoms with Gasteiger partial charge in [-0.25, -0.2) is 9.59 Å². The highest BCUT2D eigenvalue weighted by molar-refractivity contribution is 5.68. The van der Waals surface area contributed by atoms with E-state index in [1.165, 1.54) is 0 Å². The van der Waals surface area contributed by atoms with Gasteiger partial charge < -0.3 is 24.4 Å². The van der Waals surface area contributed by atoms with Crippen molar-refractivity contribution in [1.82, 2.24) is 10.2 Å². The number of hydrogen-bond donors (Lipinski definition) is 1. The van der Waals surface area contributed by atoms with Crippen LogP contribution in [0.4, 0.5) is 9.59 Å². The maximum atomic E-state index is 12.5. The predicted molar refractivity (Wildman–Crippen MR) is 122 cm³/mol. The lowest BCUT2D eigenvalue weighted by atomic mass is 10.2. The molecule has 7 heteroatoms. The van der Waals surface area contributed by atoms with Crippen LogP contribution >= 0.6 is 0 Å². The molecule has 0 unspecified atom stereocenters. The first-order valence-corrected chi connectivity index (χ1v) is 11.3. The third-order valence-corrected chi connectivity index (χ3v) is 4.35. The van der Waals surface area contributed by atoms with Crippen molar-refractivity contribution in [3.05, 3.63) is 35.9 Å². The minimum absolute atomic E-state index is 0.249. The van der Waals surface area contributed by atoms with Crippen LogP contribution in [0, 0.1) is 0 Å². The van der Waals surface area contributed by atoms with Crippen molar-refractivity contribution in [3.63, 3.8) is 0 Å². The van der Waals surface area contributed by atoms with Crippen LogP contribution in [-0.4, -0.2) is 55.5 Å². The molecule has 0 bridgehead atoms. The van der Waals surface area contributed by atoms with Crippen LogP contribution in [0.3, 0.4) is 0 Å². The normalized spacial score (nSPS) is 11.1. The molecule has 0 heterocycles. The van der Waals surface area contributed by atoms with Crippen molar-refractivity contribution in [1.29, 1.82) is 0 Å². The number of rotatable bonds is 14. The molecule has 0 saturated heterocycles. The van der Waals surface area contributed by atoms with E-state index in [0.717, 1.165) is 44.3 Å². The van der Waals surface area contributed by atoms with E-state index in [-0.39, 0.29) is 12.7 Å². The van der Waals surface area contributed by atoms with Crippen molar-refractivity contribution < 1.29 is 23.8 Å². The van der Waals surface area contributed by atoms with Gasteiger partial charge in [0.15, 0.2) is 0 Å². The summed E-state index contributed by atoms with van der Waals surface area (Å²) in [6.45, 7) is 11.0. The molecule has 0 aliphatic carbocycles. The number of ether oxygens (including phenoxy) is 3. The van der Waals surface area contributed by atoms with Gasteiger partial charge in [0.05, 0.1) is 0 Å². The second-order valence-electron chi connectivity index (χ2n) is 8.48. The quantitative estimate of drug-likeness (QED) is 0.409. The monoisotopic (exact) mass is 436 g/mol. The van der Waals surface area contributed by atoms with Crippen LogP contribution in [0.5, 0.6) is 0 Å². The number of carbonyl (C=O) groups is 2. The number of benzene rings is 1. The van der Waals surface area contributed by atoms with Crippen LogP contribution in [0.1, 0.15) is 65.4 Å². The van der Waals surface area contributed by atoms with Gasteiger partial charge in [-0.05, 0) is 52.0 Å². The second kappa shape index (κ2) is 15.5. The summed E-state index contributed by atoms with van der Waals surface area (Å²) < 4.78 is 16.3. The Bertz CT molecular complexity index is 616. The molecular formula is C24H40N2O5. The fraction of sp³-hybridized carbons (Fsp3) is 0.667. The highest BCUT2D eigenvalue weighted by Gasteiger charge is 2.21. The molecule has 1 aromatic rings. The molecule has 0 aliphatic heterocycles. The molecule has 2 amide bonds. The largest absolute Gasteiger partial charge is 0.445 e. The van der Waals surface area contributed by atoms with Gasteiger partial charge in [-0.2, -0.15) is 0 Å². The van der Waals surface area contributed by atoms with E-state index >= 15 is 0 Å². The van der Waals surface area contributed by atoms with Gasteiger partial charge in [0, 0.05) is 32.8 Å². The lowest BCUT2D eigenvalue weighted by Crippen LogP contribution is -2.38. The molecule has 0 aromatic heterocycles. The first-order chi connectivity index (χ1) is 14.8. The van der Waals surface area contributed by atoms with Gasteiger partial charge in [0.25, 0.3) is 0 Å². The Morgan fingerprint density at radius 2 is 1.65 bits per heavy atom. The van der Waals surface area contributed by atoms with Crippen LogP contribution in [0.15, 0.2) is 30.3 Å². The Morgan fingerprint density at radius 3 is 2.32 bits per heavy atom. The van der Waals surface area contributed by atoms with Gasteiger partial charge in [-0.15, -0.1) is 0 Å². The molecule has 0 atom stereocenters. The fourth-order valence-corrected chi connectivity index (χ4v) is 2.72. The maximum absolute atomic E-state index is 12.5. The summed E-state index contributed by atoms with van der Waals surface area (Å²) in [5.74, 6) is 0. The summed E-state index contributed by atoms with van der Waals surface area (Å²) in [7, 11) is 0. The molecule has 1 N–H and O–H groups in total. The van der Waals surface area contributed by atoms with E-state index in [1.807, 2.05) is 51.1 Å². The first-order valence-electron chi connectivity index (χ1n) is 11.3. The molecule has 0 spiro atoms. The standard InChI is InChI=1S/C24H40N2O5/c1-5-6-18-29-19-12-17-26(23(28)31-24(2,3)4)16-11-10-15-25-22(27)30-20-21-13-8-7-9-14-21/h7-9,13-14H,5-6,10-12,15-20H2,1-4H3,(H,25,27). The Balaban J connectivity index is 2.27. The predicted octanol–water partition coefficient (Wildman–Crippen LogP) is 5.14. The number of amides is 2. The zero-order chi connectivity index (χ0) is 23.0. The lowest BCUT2D eigenvalue weighted by Gasteiger charge is -2.27. The molecule has 31 heavy (non-hydrogen) atoms. The van der Waals surface area contributed by atoms with Gasteiger partial charge in [0.2, 0.25) is 0 Å².